The van der Waals surface area contributed by atoms with E-state index < -0.39 is 0 Å². The number of rotatable bonds is 5. The maximum absolute atomic E-state index is 11.1. The molecule has 0 radical (unpaired) electrons. The predicted molar refractivity (Wildman–Crippen MR) is 52.4 cm³/mol. The van der Waals surface area contributed by atoms with Gasteiger partial charge in [-0.05, 0) is 13.3 Å². The third-order valence-electron chi connectivity index (χ3n) is 2.31. The van der Waals surface area contributed by atoms with Gasteiger partial charge in [-0.1, -0.05) is 26.2 Å². The molecule has 1 aliphatic rings. The topological polar surface area (TPSA) is 26.3 Å². The summed E-state index contributed by atoms with van der Waals surface area (Å²) in [6.45, 7) is 3.99. The van der Waals surface area contributed by atoms with E-state index in [1.54, 1.807) is 13.0 Å². The molecule has 0 aromatic carbocycles. The fourth-order valence-electron chi connectivity index (χ4n) is 1.45. The lowest BCUT2D eigenvalue weighted by atomic mass is 10.1. The molecule has 0 aromatic heterocycles. The van der Waals surface area contributed by atoms with Crippen LogP contribution in [0.3, 0.4) is 0 Å². The van der Waals surface area contributed by atoms with Crippen molar-refractivity contribution in [3.8, 4) is 0 Å². The molecule has 0 aromatic rings. The van der Waals surface area contributed by atoms with Crippen LogP contribution in [-0.2, 0) is 9.53 Å². The summed E-state index contributed by atoms with van der Waals surface area (Å²) in [5.74, 6) is 0.999. The molecule has 1 atom stereocenters. The summed E-state index contributed by atoms with van der Waals surface area (Å²) >= 11 is 0. The number of ketones is 1. The van der Waals surface area contributed by atoms with Crippen molar-refractivity contribution in [3.63, 3.8) is 0 Å². The zero-order valence-corrected chi connectivity index (χ0v) is 8.51. The van der Waals surface area contributed by atoms with E-state index in [1.807, 2.05) is 0 Å². The maximum Gasteiger partial charge on any atom is 0.199 e. The Bertz CT molecular complexity index is 206. The standard InChI is InChI=1S/C11H18O2/c1-3-4-5-6-7-10-8-11(12)9(2)13-10/h8-9H,3-7H2,1-2H3. The molecule has 1 aliphatic heterocycles. The molecule has 0 spiro atoms. The molecule has 0 bridgehead atoms. The van der Waals surface area contributed by atoms with Crippen molar-refractivity contribution in [3.05, 3.63) is 11.8 Å². The number of carbonyl (C=O) groups is 1. The minimum Gasteiger partial charge on any atom is -0.487 e. The highest BCUT2D eigenvalue weighted by molar-refractivity contribution is 5.95. The Morgan fingerprint density at radius 1 is 1.38 bits per heavy atom. The molecule has 2 heteroatoms. The van der Waals surface area contributed by atoms with Crippen LogP contribution in [0, 0.1) is 0 Å². The molecule has 13 heavy (non-hydrogen) atoms. The van der Waals surface area contributed by atoms with E-state index in [2.05, 4.69) is 6.92 Å². The van der Waals surface area contributed by atoms with Gasteiger partial charge in [-0.15, -0.1) is 0 Å². The summed E-state index contributed by atoms with van der Waals surface area (Å²) in [6, 6.07) is 0. The second-order valence-electron chi connectivity index (χ2n) is 3.58. The number of allylic oxidation sites excluding steroid dienone is 1. The molecule has 0 saturated heterocycles. The van der Waals surface area contributed by atoms with Crippen LogP contribution >= 0.6 is 0 Å². The van der Waals surface area contributed by atoms with Gasteiger partial charge in [0.25, 0.3) is 0 Å². The number of hydrogen-bond acceptors (Lipinski definition) is 2. The Morgan fingerprint density at radius 2 is 2.15 bits per heavy atom. The van der Waals surface area contributed by atoms with Gasteiger partial charge in [0.05, 0.1) is 0 Å². The van der Waals surface area contributed by atoms with Gasteiger partial charge in [-0.25, -0.2) is 0 Å². The van der Waals surface area contributed by atoms with Gasteiger partial charge in [0.15, 0.2) is 11.9 Å². The number of ether oxygens (including phenoxy) is 1. The highest BCUT2D eigenvalue weighted by Gasteiger charge is 2.21. The van der Waals surface area contributed by atoms with Crippen LogP contribution in [0.25, 0.3) is 0 Å². The molecular formula is C11H18O2. The first-order chi connectivity index (χ1) is 6.24. The van der Waals surface area contributed by atoms with E-state index in [9.17, 15) is 4.79 Å². The molecule has 1 heterocycles. The van der Waals surface area contributed by atoms with E-state index in [0.717, 1.165) is 18.6 Å². The lowest BCUT2D eigenvalue weighted by molar-refractivity contribution is -0.119. The SMILES string of the molecule is CCCCCCC1=CC(=O)C(C)O1. The van der Waals surface area contributed by atoms with E-state index in [1.165, 1.54) is 19.3 Å². The van der Waals surface area contributed by atoms with Crippen molar-refractivity contribution < 1.29 is 9.53 Å². The quantitative estimate of drug-likeness (QED) is 0.611. The maximum atomic E-state index is 11.1. The first-order valence-electron chi connectivity index (χ1n) is 5.15. The van der Waals surface area contributed by atoms with Crippen molar-refractivity contribution >= 4 is 5.78 Å². The summed E-state index contributed by atoms with van der Waals surface area (Å²) in [5, 5.41) is 0. The van der Waals surface area contributed by atoms with Gasteiger partial charge in [0.1, 0.15) is 5.76 Å². The van der Waals surface area contributed by atoms with E-state index >= 15 is 0 Å². The van der Waals surface area contributed by atoms with Crippen molar-refractivity contribution in [2.75, 3.05) is 0 Å². The highest BCUT2D eigenvalue weighted by Crippen LogP contribution is 2.19. The lowest BCUT2D eigenvalue weighted by Crippen LogP contribution is -2.09. The van der Waals surface area contributed by atoms with Crippen LogP contribution in [-0.4, -0.2) is 11.9 Å². The Morgan fingerprint density at radius 3 is 2.69 bits per heavy atom. The number of hydrogen-bond donors (Lipinski definition) is 0. The Labute approximate surface area is 80.0 Å². The largest absolute Gasteiger partial charge is 0.487 e. The summed E-state index contributed by atoms with van der Waals surface area (Å²) < 4.78 is 5.37. The second-order valence-corrected chi connectivity index (χ2v) is 3.58. The molecule has 1 rings (SSSR count). The van der Waals surface area contributed by atoms with Gasteiger partial charge in [0, 0.05) is 12.5 Å². The van der Waals surface area contributed by atoms with Crippen LogP contribution in [0.4, 0.5) is 0 Å². The van der Waals surface area contributed by atoms with Crippen molar-refractivity contribution in [2.24, 2.45) is 0 Å². The van der Waals surface area contributed by atoms with Crippen molar-refractivity contribution in [1.29, 1.82) is 0 Å². The van der Waals surface area contributed by atoms with Crippen LogP contribution in [0.2, 0.25) is 0 Å². The summed E-state index contributed by atoms with van der Waals surface area (Å²) in [5.41, 5.74) is 0. The van der Waals surface area contributed by atoms with Crippen molar-refractivity contribution in [1.82, 2.24) is 0 Å². The summed E-state index contributed by atoms with van der Waals surface area (Å²) in [4.78, 5) is 11.1. The summed E-state index contributed by atoms with van der Waals surface area (Å²) in [7, 11) is 0. The molecule has 1 unspecified atom stereocenters. The smallest absolute Gasteiger partial charge is 0.199 e. The molecule has 0 saturated carbocycles. The number of unbranched alkanes of at least 4 members (excludes halogenated alkanes) is 3. The Kier molecular flexibility index (Phi) is 4.00. The van der Waals surface area contributed by atoms with Crippen LogP contribution in [0.1, 0.15) is 46.0 Å². The summed E-state index contributed by atoms with van der Waals surface area (Å²) in [6.07, 6.45) is 7.24. The Hall–Kier alpha value is -0.790. The zero-order valence-electron chi connectivity index (χ0n) is 8.51. The zero-order chi connectivity index (χ0) is 9.68. The Balaban J connectivity index is 2.16. The van der Waals surface area contributed by atoms with E-state index in [-0.39, 0.29) is 11.9 Å². The lowest BCUT2D eigenvalue weighted by Gasteiger charge is -2.06. The van der Waals surface area contributed by atoms with Gasteiger partial charge >= 0.3 is 0 Å². The molecule has 0 aliphatic carbocycles. The molecule has 2 nitrogen and oxygen atoms in total. The highest BCUT2D eigenvalue weighted by atomic mass is 16.5. The first kappa shape index (κ1) is 10.3. The second kappa shape index (κ2) is 5.05. The fourth-order valence-corrected chi connectivity index (χ4v) is 1.45. The van der Waals surface area contributed by atoms with E-state index in [0.29, 0.717) is 0 Å². The van der Waals surface area contributed by atoms with Crippen molar-refractivity contribution in [2.45, 2.75) is 52.1 Å². The van der Waals surface area contributed by atoms with E-state index in [4.69, 9.17) is 4.74 Å². The molecule has 0 amide bonds. The van der Waals surface area contributed by atoms with Gasteiger partial charge in [-0.3, -0.25) is 4.79 Å². The average Bonchev–Trinajstić information content (AvgIpc) is 2.41. The minimum absolute atomic E-state index is 0.116. The van der Waals surface area contributed by atoms with Gasteiger partial charge in [0.2, 0.25) is 0 Å². The molecule has 74 valence electrons. The molecule has 0 fully saturated rings. The van der Waals surface area contributed by atoms with Crippen LogP contribution in [0.15, 0.2) is 11.8 Å². The normalized spacial score (nSPS) is 21.5. The third-order valence-corrected chi connectivity index (χ3v) is 2.31. The monoisotopic (exact) mass is 182 g/mol. The average molecular weight is 182 g/mol. The van der Waals surface area contributed by atoms with Crippen LogP contribution < -0.4 is 0 Å². The molecular weight excluding hydrogens is 164 g/mol. The van der Waals surface area contributed by atoms with Crippen LogP contribution in [0.5, 0.6) is 0 Å². The van der Waals surface area contributed by atoms with Gasteiger partial charge in [-0.2, -0.15) is 0 Å². The fraction of sp³-hybridized carbons (Fsp3) is 0.727. The first-order valence-corrected chi connectivity index (χ1v) is 5.15. The number of carbonyl (C=O) groups excluding carboxylic acids is 1. The predicted octanol–water partition coefficient (Wildman–Crippen LogP) is 2.83. The molecule has 0 N–H and O–H groups in total. The third kappa shape index (κ3) is 3.21. The minimum atomic E-state index is -0.235. The van der Waals surface area contributed by atoms with Gasteiger partial charge < -0.3 is 4.74 Å².